The van der Waals surface area contributed by atoms with Gasteiger partial charge in [-0.25, -0.2) is 12.8 Å². The first-order chi connectivity index (χ1) is 13.8. The maximum Gasteiger partial charge on any atom is 0.254 e. The van der Waals surface area contributed by atoms with Gasteiger partial charge in [0.15, 0.2) is 0 Å². The molecule has 0 radical (unpaired) electrons. The maximum atomic E-state index is 13.4. The van der Waals surface area contributed by atoms with Crippen molar-refractivity contribution < 1.29 is 27.1 Å². The van der Waals surface area contributed by atoms with Gasteiger partial charge in [-0.05, 0) is 56.5 Å². The van der Waals surface area contributed by atoms with Gasteiger partial charge in [0.05, 0.1) is 11.5 Å². The molecule has 2 heterocycles. The molecule has 1 aromatic carbocycles. The third-order valence-corrected chi connectivity index (χ3v) is 7.08. The average molecular weight is 424 g/mol. The number of nitrogens with zero attached hydrogens (tertiary/aromatic N) is 1. The van der Waals surface area contributed by atoms with Gasteiger partial charge in [-0.1, -0.05) is 0 Å². The molecule has 3 rings (SSSR count). The van der Waals surface area contributed by atoms with E-state index in [4.69, 9.17) is 9.47 Å². The number of halogens is 1. The van der Waals surface area contributed by atoms with Crippen molar-refractivity contribution >= 4 is 21.6 Å². The second kappa shape index (κ2) is 8.64. The molecule has 2 aromatic rings. The van der Waals surface area contributed by atoms with Crippen LogP contribution in [0.4, 0.5) is 10.2 Å². The highest BCUT2D eigenvalue weighted by Gasteiger charge is 2.32. The van der Waals surface area contributed by atoms with Crippen molar-refractivity contribution in [3.8, 4) is 0 Å². The summed E-state index contributed by atoms with van der Waals surface area (Å²) in [5.74, 6) is -0.725. The lowest BCUT2D eigenvalue weighted by molar-refractivity contribution is -0.124. The van der Waals surface area contributed by atoms with Gasteiger partial charge in [0.1, 0.15) is 22.6 Å². The predicted molar refractivity (Wildman–Crippen MR) is 105 cm³/mol. The first kappa shape index (κ1) is 21.5. The molecule has 0 saturated carbocycles. The SMILES string of the molecule is COCCn1c(C)c(C)c(S(=O)(=O)c2ccc(F)cc2)c1NC(=O)C1CCCO1. The van der Waals surface area contributed by atoms with E-state index in [0.717, 1.165) is 18.6 Å². The molecule has 7 nitrogen and oxygen atoms in total. The zero-order chi connectivity index (χ0) is 21.2. The lowest BCUT2D eigenvalue weighted by atomic mass is 10.2. The molecular weight excluding hydrogens is 399 g/mol. The molecular formula is C20H25FN2O5S. The molecule has 1 atom stereocenters. The Hall–Kier alpha value is -2.23. The highest BCUT2D eigenvalue weighted by atomic mass is 32.2. The van der Waals surface area contributed by atoms with Crippen molar-refractivity contribution in [1.29, 1.82) is 0 Å². The average Bonchev–Trinajstić information content (AvgIpc) is 3.29. The molecule has 0 bridgehead atoms. The zero-order valence-corrected chi connectivity index (χ0v) is 17.5. The van der Waals surface area contributed by atoms with E-state index in [1.165, 1.54) is 12.1 Å². The molecule has 1 saturated heterocycles. The van der Waals surface area contributed by atoms with Gasteiger partial charge in [-0.2, -0.15) is 0 Å². The van der Waals surface area contributed by atoms with E-state index in [-0.39, 0.29) is 21.5 Å². The van der Waals surface area contributed by atoms with Crippen LogP contribution in [0.1, 0.15) is 24.1 Å². The number of hydrogen-bond acceptors (Lipinski definition) is 5. The van der Waals surface area contributed by atoms with Crippen LogP contribution in [-0.4, -0.2) is 45.3 Å². The van der Waals surface area contributed by atoms with E-state index in [1.807, 2.05) is 0 Å². The normalized spacial score (nSPS) is 16.9. The van der Waals surface area contributed by atoms with Gasteiger partial charge in [0.25, 0.3) is 5.91 Å². The van der Waals surface area contributed by atoms with Gasteiger partial charge in [-0.3, -0.25) is 4.79 Å². The van der Waals surface area contributed by atoms with E-state index >= 15 is 0 Å². The molecule has 0 aliphatic carbocycles. The highest BCUT2D eigenvalue weighted by molar-refractivity contribution is 7.91. The third kappa shape index (κ3) is 4.22. The summed E-state index contributed by atoms with van der Waals surface area (Å²) in [5, 5.41) is 2.77. The molecule has 29 heavy (non-hydrogen) atoms. The lowest BCUT2D eigenvalue weighted by Crippen LogP contribution is -2.29. The van der Waals surface area contributed by atoms with Crippen molar-refractivity contribution in [2.45, 2.75) is 49.1 Å². The minimum atomic E-state index is -4.00. The van der Waals surface area contributed by atoms with Crippen molar-refractivity contribution in [2.75, 3.05) is 25.6 Å². The number of benzene rings is 1. The molecule has 158 valence electrons. The molecule has 9 heteroatoms. The van der Waals surface area contributed by atoms with Crippen LogP contribution >= 0.6 is 0 Å². The molecule has 1 N–H and O–H groups in total. The van der Waals surface area contributed by atoms with Crippen LogP contribution in [0.2, 0.25) is 0 Å². The van der Waals surface area contributed by atoms with Crippen molar-refractivity contribution in [3.05, 3.63) is 41.3 Å². The Morgan fingerprint density at radius 3 is 2.59 bits per heavy atom. The number of amides is 1. The lowest BCUT2D eigenvalue weighted by Gasteiger charge is -2.16. The number of rotatable bonds is 7. The van der Waals surface area contributed by atoms with Crippen molar-refractivity contribution in [1.82, 2.24) is 4.57 Å². The summed E-state index contributed by atoms with van der Waals surface area (Å²) in [7, 11) is -2.45. The standard InChI is InChI=1S/C20H25FN2O5S/c1-13-14(2)23(10-12-27-3)19(22-20(24)17-5-4-11-28-17)18(13)29(25,26)16-8-6-15(21)7-9-16/h6-9,17H,4-5,10-12H2,1-3H3,(H,22,24). The van der Waals surface area contributed by atoms with Gasteiger partial charge in [-0.15, -0.1) is 0 Å². The number of methoxy groups -OCH3 is 1. The van der Waals surface area contributed by atoms with Crippen molar-refractivity contribution in [3.63, 3.8) is 0 Å². The summed E-state index contributed by atoms with van der Waals surface area (Å²) in [5.41, 5.74) is 1.22. The second-order valence-corrected chi connectivity index (χ2v) is 8.87. The maximum absolute atomic E-state index is 13.4. The molecule has 1 aliphatic rings. The monoisotopic (exact) mass is 424 g/mol. The molecule has 1 aromatic heterocycles. The Balaban J connectivity index is 2.11. The minimum absolute atomic E-state index is 0.00376. The Bertz CT molecular complexity index is 993. The van der Waals surface area contributed by atoms with E-state index in [1.54, 1.807) is 25.5 Å². The Labute approximate surface area is 169 Å². The van der Waals surface area contributed by atoms with E-state index in [0.29, 0.717) is 37.4 Å². The summed E-state index contributed by atoms with van der Waals surface area (Å²) in [4.78, 5) is 12.7. The quantitative estimate of drug-likeness (QED) is 0.691. The number of carbonyl (C=O) groups excluding carboxylic acids is 1. The largest absolute Gasteiger partial charge is 0.383 e. The van der Waals surface area contributed by atoms with Gasteiger partial charge in [0, 0.05) is 26.0 Å². The molecule has 0 spiro atoms. The summed E-state index contributed by atoms with van der Waals surface area (Å²) >= 11 is 0. The second-order valence-electron chi connectivity index (χ2n) is 6.98. The molecule has 1 aliphatic heterocycles. The number of nitrogens with one attached hydrogen (secondary N) is 1. The van der Waals surface area contributed by atoms with Gasteiger partial charge >= 0.3 is 0 Å². The number of carbonyl (C=O) groups is 1. The number of hydrogen-bond donors (Lipinski definition) is 1. The van der Waals surface area contributed by atoms with E-state index < -0.39 is 21.8 Å². The predicted octanol–water partition coefficient (Wildman–Crippen LogP) is 2.84. The van der Waals surface area contributed by atoms with Crippen LogP contribution in [0.5, 0.6) is 0 Å². The van der Waals surface area contributed by atoms with Gasteiger partial charge < -0.3 is 19.4 Å². The van der Waals surface area contributed by atoms with Crippen LogP contribution < -0.4 is 5.32 Å². The first-order valence-electron chi connectivity index (χ1n) is 9.39. The van der Waals surface area contributed by atoms with Crippen LogP contribution in [-0.2, 0) is 30.7 Å². The number of sulfone groups is 1. The summed E-state index contributed by atoms with van der Waals surface area (Å²) in [6.45, 7) is 4.69. The van der Waals surface area contributed by atoms with Crippen LogP contribution in [0, 0.1) is 19.7 Å². The fraction of sp³-hybridized carbons (Fsp3) is 0.450. The summed E-state index contributed by atoms with van der Waals surface area (Å²) in [6.07, 6.45) is 0.757. The molecule has 1 fully saturated rings. The number of aromatic nitrogens is 1. The Kier molecular flexibility index (Phi) is 6.40. The third-order valence-electron chi connectivity index (χ3n) is 5.15. The Morgan fingerprint density at radius 1 is 1.31 bits per heavy atom. The first-order valence-corrected chi connectivity index (χ1v) is 10.9. The zero-order valence-electron chi connectivity index (χ0n) is 16.7. The number of ether oxygens (including phenoxy) is 2. The Morgan fingerprint density at radius 2 is 2.00 bits per heavy atom. The van der Waals surface area contributed by atoms with Gasteiger partial charge in [0.2, 0.25) is 9.84 Å². The fourth-order valence-electron chi connectivity index (χ4n) is 3.46. The fourth-order valence-corrected chi connectivity index (χ4v) is 5.16. The molecule has 1 unspecified atom stereocenters. The highest BCUT2D eigenvalue weighted by Crippen LogP contribution is 2.35. The summed E-state index contributed by atoms with van der Waals surface area (Å²) < 4.78 is 52.4. The summed E-state index contributed by atoms with van der Waals surface area (Å²) in [6, 6.07) is 4.64. The van der Waals surface area contributed by atoms with E-state index in [9.17, 15) is 17.6 Å². The topological polar surface area (TPSA) is 86.6 Å². The number of anilines is 1. The van der Waals surface area contributed by atoms with E-state index in [2.05, 4.69) is 5.32 Å². The van der Waals surface area contributed by atoms with Crippen LogP contribution in [0.25, 0.3) is 0 Å². The molecule has 1 amide bonds. The smallest absolute Gasteiger partial charge is 0.254 e. The van der Waals surface area contributed by atoms with Crippen LogP contribution in [0.15, 0.2) is 34.1 Å². The van der Waals surface area contributed by atoms with Crippen molar-refractivity contribution in [2.24, 2.45) is 0 Å². The van der Waals surface area contributed by atoms with Crippen LogP contribution in [0.3, 0.4) is 0 Å². The minimum Gasteiger partial charge on any atom is -0.383 e.